The van der Waals surface area contributed by atoms with E-state index in [0.717, 1.165) is 23.5 Å². The fraction of sp³-hybridized carbons (Fsp3) is 0.273. The van der Waals surface area contributed by atoms with E-state index in [1.807, 2.05) is 29.6 Å². The number of nitrogens with one attached hydrogen (secondary N) is 1. The Kier molecular flexibility index (Phi) is 6.45. The lowest BCUT2D eigenvalue weighted by Crippen LogP contribution is -2.19. The number of benzene rings is 2. The van der Waals surface area contributed by atoms with Gasteiger partial charge in [0, 0.05) is 23.8 Å². The maximum Gasteiger partial charge on any atom is 0.416 e. The van der Waals surface area contributed by atoms with Crippen molar-refractivity contribution in [1.29, 1.82) is 0 Å². The van der Waals surface area contributed by atoms with Crippen molar-refractivity contribution >= 4 is 28.6 Å². The van der Waals surface area contributed by atoms with E-state index in [1.165, 1.54) is 29.0 Å². The Labute approximate surface area is 176 Å². The smallest absolute Gasteiger partial charge is 0.326 e. The van der Waals surface area contributed by atoms with Crippen LogP contribution in [0, 0.1) is 0 Å². The number of aromatic nitrogens is 1. The summed E-state index contributed by atoms with van der Waals surface area (Å²) in [7, 11) is 1.78. The van der Waals surface area contributed by atoms with Crippen LogP contribution in [0.15, 0.2) is 58.9 Å². The van der Waals surface area contributed by atoms with Crippen LogP contribution in [0.3, 0.4) is 0 Å². The van der Waals surface area contributed by atoms with Gasteiger partial charge in [0.1, 0.15) is 0 Å². The molecule has 158 valence electrons. The van der Waals surface area contributed by atoms with E-state index < -0.39 is 11.7 Å². The molecule has 2 aromatic carbocycles. The van der Waals surface area contributed by atoms with Crippen molar-refractivity contribution in [3.8, 4) is 0 Å². The second-order valence-electron chi connectivity index (χ2n) is 7.23. The summed E-state index contributed by atoms with van der Waals surface area (Å²) in [4.78, 5) is 17.4. The Morgan fingerprint density at radius 3 is 2.30 bits per heavy atom. The molecule has 30 heavy (non-hydrogen) atoms. The Bertz CT molecular complexity index is 1080. The minimum absolute atomic E-state index is 0.151. The van der Waals surface area contributed by atoms with E-state index in [9.17, 15) is 18.0 Å². The van der Waals surface area contributed by atoms with Gasteiger partial charge in [-0.15, -0.1) is 11.3 Å². The van der Waals surface area contributed by atoms with Crippen LogP contribution in [0.1, 0.15) is 36.6 Å². The normalized spacial score (nSPS) is 12.4. The molecule has 0 saturated heterocycles. The summed E-state index contributed by atoms with van der Waals surface area (Å²) in [6.07, 6.45) is -4.21. The van der Waals surface area contributed by atoms with Gasteiger partial charge in [-0.3, -0.25) is 4.79 Å². The van der Waals surface area contributed by atoms with E-state index >= 15 is 0 Å². The highest BCUT2D eigenvalue weighted by atomic mass is 32.1. The van der Waals surface area contributed by atoms with Crippen LogP contribution < -0.4 is 10.1 Å². The summed E-state index contributed by atoms with van der Waals surface area (Å²) < 4.78 is 39.8. The Morgan fingerprint density at radius 1 is 1.10 bits per heavy atom. The zero-order valence-corrected chi connectivity index (χ0v) is 17.6. The number of amides is 1. The van der Waals surface area contributed by atoms with E-state index in [4.69, 9.17) is 0 Å². The number of hydrogen-bond acceptors (Lipinski definition) is 3. The molecule has 0 saturated carbocycles. The first kappa shape index (κ1) is 21.8. The average molecular weight is 433 g/mol. The summed E-state index contributed by atoms with van der Waals surface area (Å²) >= 11 is 1.33. The summed E-state index contributed by atoms with van der Waals surface area (Å²) in [5.74, 6) is 0.272. The molecule has 1 amide bonds. The van der Waals surface area contributed by atoms with Gasteiger partial charge in [0.25, 0.3) is 0 Å². The minimum Gasteiger partial charge on any atom is -0.326 e. The number of carbonyl (C=O) groups excluding carboxylic acids is 1. The molecule has 0 unspecified atom stereocenters. The third kappa shape index (κ3) is 5.38. The van der Waals surface area contributed by atoms with Crippen LogP contribution in [0.25, 0.3) is 0 Å². The lowest BCUT2D eigenvalue weighted by molar-refractivity contribution is -0.137. The van der Waals surface area contributed by atoms with E-state index in [-0.39, 0.29) is 12.3 Å². The fourth-order valence-corrected chi connectivity index (χ4v) is 3.74. The van der Waals surface area contributed by atoms with Gasteiger partial charge < -0.3 is 9.88 Å². The lowest BCUT2D eigenvalue weighted by atomic mass is 10.0. The summed E-state index contributed by atoms with van der Waals surface area (Å²) in [5, 5.41) is 4.70. The Hall–Kier alpha value is -2.87. The molecule has 0 atom stereocenters. The number of anilines is 1. The first-order valence-corrected chi connectivity index (χ1v) is 10.3. The van der Waals surface area contributed by atoms with Crippen LogP contribution in [-0.4, -0.2) is 10.5 Å². The number of rotatable bonds is 5. The summed E-state index contributed by atoms with van der Waals surface area (Å²) in [6, 6.07) is 12.4. The number of halogens is 3. The van der Waals surface area contributed by atoms with Gasteiger partial charge in [0.15, 0.2) is 4.80 Å². The number of nitrogens with zero attached hydrogens (tertiary/aromatic N) is 2. The van der Waals surface area contributed by atoms with Crippen LogP contribution in [-0.2, 0) is 24.4 Å². The molecule has 1 N–H and O–H groups in total. The monoisotopic (exact) mass is 433 g/mol. The van der Waals surface area contributed by atoms with Crippen molar-refractivity contribution in [3.05, 3.63) is 75.5 Å². The van der Waals surface area contributed by atoms with Gasteiger partial charge in [-0.05, 0) is 47.9 Å². The first-order chi connectivity index (χ1) is 14.1. The maximum absolute atomic E-state index is 12.7. The Balaban J connectivity index is 1.70. The van der Waals surface area contributed by atoms with Gasteiger partial charge in [-0.25, -0.2) is 4.99 Å². The molecular formula is C22H22F3N3OS. The second-order valence-corrected chi connectivity index (χ2v) is 8.06. The fourth-order valence-electron chi connectivity index (χ4n) is 2.82. The molecule has 1 aromatic heterocycles. The molecule has 3 aromatic rings. The van der Waals surface area contributed by atoms with Gasteiger partial charge in [-0.2, -0.15) is 13.2 Å². The van der Waals surface area contributed by atoms with Gasteiger partial charge >= 0.3 is 6.18 Å². The standard InChI is InChI=1S/C22H22F3N3OS/c1-14(2)15-4-8-17(9-5-15)26-20(29)12-19-13-30-21(28(19)3)27-18-10-6-16(7-11-18)22(23,24)25/h4-11,13-14H,12H2,1-3H3,(H,26,29). The molecule has 8 heteroatoms. The molecule has 0 radical (unpaired) electrons. The predicted octanol–water partition coefficient (Wildman–Crippen LogP) is 5.64. The van der Waals surface area contributed by atoms with Gasteiger partial charge in [0.2, 0.25) is 5.91 Å². The van der Waals surface area contributed by atoms with E-state index in [1.54, 1.807) is 11.6 Å². The molecule has 3 rings (SSSR count). The second kappa shape index (κ2) is 8.87. The highest BCUT2D eigenvalue weighted by Gasteiger charge is 2.29. The van der Waals surface area contributed by atoms with Crippen LogP contribution >= 0.6 is 11.3 Å². The molecule has 0 spiro atoms. The Morgan fingerprint density at radius 2 is 1.73 bits per heavy atom. The van der Waals surface area contributed by atoms with Crippen molar-refractivity contribution in [2.75, 3.05) is 5.32 Å². The molecule has 0 aliphatic carbocycles. The quantitative estimate of drug-likeness (QED) is 0.556. The van der Waals surface area contributed by atoms with E-state index in [0.29, 0.717) is 16.4 Å². The lowest BCUT2D eigenvalue weighted by Gasteiger charge is -2.09. The minimum atomic E-state index is -4.37. The molecule has 0 aliphatic rings. The van der Waals surface area contributed by atoms with Gasteiger partial charge in [0.05, 0.1) is 17.7 Å². The first-order valence-electron chi connectivity index (χ1n) is 9.38. The number of hydrogen-bond donors (Lipinski definition) is 1. The predicted molar refractivity (Wildman–Crippen MR) is 113 cm³/mol. The summed E-state index contributed by atoms with van der Waals surface area (Å²) in [5.41, 5.74) is 2.41. The largest absolute Gasteiger partial charge is 0.416 e. The van der Waals surface area contributed by atoms with Crippen LogP contribution in [0.5, 0.6) is 0 Å². The zero-order valence-electron chi connectivity index (χ0n) is 16.8. The van der Waals surface area contributed by atoms with Crippen molar-refractivity contribution in [2.24, 2.45) is 12.0 Å². The number of carbonyl (C=O) groups is 1. The third-order valence-corrected chi connectivity index (χ3v) is 5.61. The zero-order chi connectivity index (χ0) is 21.9. The highest BCUT2D eigenvalue weighted by molar-refractivity contribution is 7.07. The van der Waals surface area contributed by atoms with E-state index in [2.05, 4.69) is 24.2 Å². The average Bonchev–Trinajstić information content (AvgIpc) is 3.01. The van der Waals surface area contributed by atoms with Crippen molar-refractivity contribution < 1.29 is 18.0 Å². The number of alkyl halides is 3. The SMILES string of the molecule is CC(C)c1ccc(NC(=O)Cc2csc(=Nc3ccc(C(F)(F)F)cc3)n2C)cc1. The summed E-state index contributed by atoms with van der Waals surface area (Å²) in [6.45, 7) is 4.22. The molecule has 1 heterocycles. The number of thiazole rings is 1. The maximum atomic E-state index is 12.7. The molecule has 0 aliphatic heterocycles. The molecular weight excluding hydrogens is 411 g/mol. The van der Waals surface area contributed by atoms with Crippen molar-refractivity contribution in [2.45, 2.75) is 32.4 Å². The molecule has 0 fully saturated rings. The van der Waals surface area contributed by atoms with Crippen molar-refractivity contribution in [3.63, 3.8) is 0 Å². The molecule has 0 bridgehead atoms. The van der Waals surface area contributed by atoms with Gasteiger partial charge in [-0.1, -0.05) is 26.0 Å². The van der Waals surface area contributed by atoms with Crippen molar-refractivity contribution in [1.82, 2.24) is 4.57 Å². The molecule has 4 nitrogen and oxygen atoms in total. The van der Waals surface area contributed by atoms with Crippen LogP contribution in [0.2, 0.25) is 0 Å². The third-order valence-electron chi connectivity index (χ3n) is 4.64. The topological polar surface area (TPSA) is 46.4 Å². The highest BCUT2D eigenvalue weighted by Crippen LogP contribution is 2.30. The van der Waals surface area contributed by atoms with Crippen LogP contribution in [0.4, 0.5) is 24.5 Å².